The number of para-hydroxylation sites is 1. The van der Waals surface area contributed by atoms with Gasteiger partial charge in [-0.2, -0.15) is 5.10 Å². The number of hydrogen-bond donors (Lipinski definition) is 2. The van der Waals surface area contributed by atoms with E-state index in [4.69, 9.17) is 5.11 Å². The molecule has 6 nitrogen and oxygen atoms in total. The van der Waals surface area contributed by atoms with Crippen LogP contribution >= 0.6 is 0 Å². The average Bonchev–Trinajstić information content (AvgIpc) is 2.54. The number of nitrogens with one attached hydrogen (secondary N) is 1. The van der Waals surface area contributed by atoms with E-state index in [9.17, 15) is 17.6 Å². The molecule has 3 rings (SSSR count). The zero-order valence-corrected chi connectivity index (χ0v) is 13.2. The number of fused-ring (bicyclic) bond motifs is 1. The molecule has 0 aliphatic carbocycles. The van der Waals surface area contributed by atoms with E-state index in [1.165, 1.54) is 12.1 Å². The van der Waals surface area contributed by atoms with E-state index < -0.39 is 21.6 Å². The second-order valence-corrected chi connectivity index (χ2v) is 7.31. The predicted molar refractivity (Wildman–Crippen MR) is 86.6 cm³/mol. The van der Waals surface area contributed by atoms with E-state index in [1.807, 2.05) is 0 Å². The van der Waals surface area contributed by atoms with Crippen molar-refractivity contribution in [3.63, 3.8) is 0 Å². The SMILES string of the molecule is O=C(O)c1ccccc1N/N=C1/CCS(=O)(=O)c2ccc(F)cc21. The van der Waals surface area contributed by atoms with Gasteiger partial charge in [-0.25, -0.2) is 17.6 Å². The molecule has 0 bridgehead atoms. The number of sulfone groups is 1. The number of nitrogens with zero attached hydrogens (tertiary/aromatic N) is 1. The second-order valence-electron chi connectivity index (χ2n) is 5.23. The molecule has 0 saturated heterocycles. The van der Waals surface area contributed by atoms with Gasteiger partial charge < -0.3 is 5.11 Å². The third-order valence-electron chi connectivity index (χ3n) is 3.66. The number of halogens is 1. The molecular formula is C16H13FN2O4S. The Hall–Kier alpha value is -2.74. The maximum absolute atomic E-state index is 13.5. The van der Waals surface area contributed by atoms with Gasteiger partial charge in [-0.1, -0.05) is 12.1 Å². The van der Waals surface area contributed by atoms with Gasteiger partial charge in [0.2, 0.25) is 0 Å². The molecule has 0 aromatic heterocycles. The lowest BCUT2D eigenvalue weighted by Gasteiger charge is -2.18. The molecule has 0 amide bonds. The Kier molecular flexibility index (Phi) is 4.06. The molecule has 2 aromatic rings. The first-order chi connectivity index (χ1) is 11.4. The minimum Gasteiger partial charge on any atom is -0.478 e. The number of anilines is 1. The summed E-state index contributed by atoms with van der Waals surface area (Å²) in [5.41, 5.74) is 3.50. The molecule has 1 aliphatic heterocycles. The highest BCUT2D eigenvalue weighted by Crippen LogP contribution is 2.26. The van der Waals surface area contributed by atoms with Crippen molar-refractivity contribution in [2.24, 2.45) is 5.10 Å². The summed E-state index contributed by atoms with van der Waals surface area (Å²) >= 11 is 0. The Morgan fingerprint density at radius 2 is 1.96 bits per heavy atom. The van der Waals surface area contributed by atoms with E-state index in [1.54, 1.807) is 18.2 Å². The first kappa shape index (κ1) is 16.1. The molecule has 2 aromatic carbocycles. The van der Waals surface area contributed by atoms with Gasteiger partial charge in [0.25, 0.3) is 0 Å². The largest absolute Gasteiger partial charge is 0.478 e. The normalized spacial score (nSPS) is 17.3. The Morgan fingerprint density at radius 1 is 1.21 bits per heavy atom. The van der Waals surface area contributed by atoms with E-state index >= 15 is 0 Å². The lowest BCUT2D eigenvalue weighted by Crippen LogP contribution is -2.23. The van der Waals surface area contributed by atoms with Crippen LogP contribution in [0.5, 0.6) is 0 Å². The predicted octanol–water partition coefficient (Wildman–Crippen LogP) is 2.52. The Balaban J connectivity index is 2.01. The minimum atomic E-state index is -3.47. The maximum atomic E-state index is 13.5. The van der Waals surface area contributed by atoms with Crippen molar-refractivity contribution < 1.29 is 22.7 Å². The van der Waals surface area contributed by atoms with Crippen LogP contribution in [0.25, 0.3) is 0 Å². The van der Waals surface area contributed by atoms with E-state index in [0.717, 1.165) is 12.1 Å². The number of carboxylic acid groups (broad SMARTS) is 1. The van der Waals surface area contributed by atoms with Gasteiger partial charge in [0.15, 0.2) is 9.84 Å². The van der Waals surface area contributed by atoms with Crippen molar-refractivity contribution in [1.82, 2.24) is 0 Å². The van der Waals surface area contributed by atoms with Gasteiger partial charge in [0, 0.05) is 12.0 Å². The summed E-state index contributed by atoms with van der Waals surface area (Å²) in [6, 6.07) is 9.62. The van der Waals surface area contributed by atoms with Crippen LogP contribution in [0, 0.1) is 5.82 Å². The number of rotatable bonds is 3. The van der Waals surface area contributed by atoms with Crippen molar-refractivity contribution >= 4 is 27.2 Å². The zero-order valence-electron chi connectivity index (χ0n) is 12.4. The van der Waals surface area contributed by atoms with Gasteiger partial charge >= 0.3 is 5.97 Å². The van der Waals surface area contributed by atoms with Crippen LogP contribution in [0.1, 0.15) is 22.3 Å². The van der Waals surface area contributed by atoms with Crippen LogP contribution < -0.4 is 5.43 Å². The Labute approximate surface area is 137 Å². The molecule has 8 heteroatoms. The molecule has 1 aliphatic rings. The fourth-order valence-corrected chi connectivity index (χ4v) is 3.95. The first-order valence-electron chi connectivity index (χ1n) is 7.06. The molecule has 0 spiro atoms. The van der Waals surface area contributed by atoms with Gasteiger partial charge in [-0.05, 0) is 30.3 Å². The Bertz CT molecular complexity index is 954. The van der Waals surface area contributed by atoms with Crippen LogP contribution in [-0.2, 0) is 9.84 Å². The second kappa shape index (κ2) is 6.04. The van der Waals surface area contributed by atoms with Crippen LogP contribution in [0.2, 0.25) is 0 Å². The summed E-state index contributed by atoms with van der Waals surface area (Å²) in [5, 5.41) is 13.3. The van der Waals surface area contributed by atoms with E-state index in [-0.39, 0.29) is 33.9 Å². The number of hydrogen-bond acceptors (Lipinski definition) is 5. The number of hydrazone groups is 1. The van der Waals surface area contributed by atoms with Gasteiger partial charge in [0.1, 0.15) is 5.82 Å². The number of carboxylic acids is 1. The molecule has 0 atom stereocenters. The van der Waals surface area contributed by atoms with Crippen molar-refractivity contribution in [3.05, 3.63) is 59.4 Å². The highest BCUT2D eigenvalue weighted by atomic mass is 32.2. The summed E-state index contributed by atoms with van der Waals surface area (Å²) in [5.74, 6) is -1.81. The summed E-state index contributed by atoms with van der Waals surface area (Å²) in [6.07, 6.45) is 0.112. The van der Waals surface area contributed by atoms with Crippen LogP contribution in [0.15, 0.2) is 52.5 Å². The van der Waals surface area contributed by atoms with Crippen molar-refractivity contribution in [1.29, 1.82) is 0 Å². The molecule has 24 heavy (non-hydrogen) atoms. The van der Waals surface area contributed by atoms with Crippen LogP contribution in [-0.4, -0.2) is 31.0 Å². The standard InChI is InChI=1S/C16H13FN2O4S/c17-10-5-6-15-12(9-10)14(7-8-24(15,22)23)19-18-13-4-2-1-3-11(13)16(20)21/h1-6,9,18H,7-8H2,(H,20,21)/b19-14-. The van der Waals surface area contributed by atoms with Crippen LogP contribution in [0.4, 0.5) is 10.1 Å². The summed E-state index contributed by atoms with van der Waals surface area (Å²) in [6.45, 7) is 0. The molecular weight excluding hydrogens is 335 g/mol. The lowest BCUT2D eigenvalue weighted by atomic mass is 10.1. The van der Waals surface area contributed by atoms with E-state index in [2.05, 4.69) is 10.5 Å². The molecule has 0 unspecified atom stereocenters. The number of carbonyl (C=O) groups is 1. The van der Waals surface area contributed by atoms with Crippen molar-refractivity contribution in [3.8, 4) is 0 Å². The summed E-state index contributed by atoms with van der Waals surface area (Å²) in [4.78, 5) is 11.2. The molecule has 0 radical (unpaired) electrons. The van der Waals surface area contributed by atoms with Gasteiger partial charge in [-0.15, -0.1) is 0 Å². The fraction of sp³-hybridized carbons (Fsp3) is 0.125. The van der Waals surface area contributed by atoms with E-state index in [0.29, 0.717) is 5.71 Å². The number of aromatic carboxylic acids is 1. The topological polar surface area (TPSA) is 95.8 Å². The van der Waals surface area contributed by atoms with Crippen LogP contribution in [0.3, 0.4) is 0 Å². The van der Waals surface area contributed by atoms with Gasteiger partial charge in [0.05, 0.1) is 27.6 Å². The van der Waals surface area contributed by atoms with Crippen molar-refractivity contribution in [2.45, 2.75) is 11.3 Å². The zero-order chi connectivity index (χ0) is 17.3. The monoisotopic (exact) mass is 348 g/mol. The molecule has 0 fully saturated rings. The molecule has 0 saturated carbocycles. The quantitative estimate of drug-likeness (QED) is 0.656. The Morgan fingerprint density at radius 3 is 2.71 bits per heavy atom. The van der Waals surface area contributed by atoms with Gasteiger partial charge in [-0.3, -0.25) is 5.43 Å². The average molecular weight is 348 g/mol. The third-order valence-corrected chi connectivity index (χ3v) is 5.43. The first-order valence-corrected chi connectivity index (χ1v) is 8.71. The molecule has 124 valence electrons. The molecule has 2 N–H and O–H groups in total. The highest BCUT2D eigenvalue weighted by Gasteiger charge is 2.28. The maximum Gasteiger partial charge on any atom is 0.337 e. The fourth-order valence-electron chi connectivity index (χ4n) is 2.49. The number of benzene rings is 2. The lowest BCUT2D eigenvalue weighted by molar-refractivity contribution is 0.0698. The summed E-state index contributed by atoms with van der Waals surface area (Å²) in [7, 11) is -3.47. The minimum absolute atomic E-state index is 0.0298. The smallest absolute Gasteiger partial charge is 0.337 e. The molecule has 1 heterocycles. The third kappa shape index (κ3) is 3.00. The summed E-state index contributed by atoms with van der Waals surface area (Å²) < 4.78 is 37.6. The van der Waals surface area contributed by atoms with Crippen molar-refractivity contribution in [2.75, 3.05) is 11.2 Å². The highest BCUT2D eigenvalue weighted by molar-refractivity contribution is 7.91.